The standard InChI is InChI=1S/C18H36N2O/c1-7-9-10-15(8-2)12-20-16(11-13(3)4)19-17(14(5)6)18(20)21/h13-17,19H,7-12H2,1-6H3. The Balaban J connectivity index is 2.74. The molecule has 1 saturated heterocycles. The molecule has 0 aromatic rings. The molecule has 1 fully saturated rings. The van der Waals surface area contributed by atoms with E-state index in [-0.39, 0.29) is 12.2 Å². The van der Waals surface area contributed by atoms with Gasteiger partial charge in [0.05, 0.1) is 12.2 Å². The second-order valence-electron chi connectivity index (χ2n) is 7.44. The lowest BCUT2D eigenvalue weighted by Crippen LogP contribution is -2.41. The van der Waals surface area contributed by atoms with E-state index in [1.54, 1.807) is 0 Å². The molecule has 0 bridgehead atoms. The zero-order valence-electron chi connectivity index (χ0n) is 15.0. The number of nitrogens with zero attached hydrogens (tertiary/aromatic N) is 1. The SMILES string of the molecule is CCCCC(CC)CN1C(=O)C(C(C)C)NC1CC(C)C. The summed E-state index contributed by atoms with van der Waals surface area (Å²) in [4.78, 5) is 14.9. The molecule has 0 spiro atoms. The highest BCUT2D eigenvalue weighted by Gasteiger charge is 2.40. The van der Waals surface area contributed by atoms with E-state index in [9.17, 15) is 4.79 Å². The van der Waals surface area contributed by atoms with Gasteiger partial charge in [-0.05, 0) is 30.6 Å². The number of carbonyl (C=O) groups excluding carboxylic acids is 1. The van der Waals surface area contributed by atoms with E-state index in [2.05, 4.69) is 51.8 Å². The van der Waals surface area contributed by atoms with Crippen molar-refractivity contribution in [3.63, 3.8) is 0 Å². The number of carbonyl (C=O) groups is 1. The molecule has 21 heavy (non-hydrogen) atoms. The Kier molecular flexibility index (Phi) is 7.72. The van der Waals surface area contributed by atoms with Gasteiger partial charge in [0.2, 0.25) is 5.91 Å². The molecule has 3 nitrogen and oxygen atoms in total. The average molecular weight is 296 g/mol. The molecule has 3 atom stereocenters. The van der Waals surface area contributed by atoms with E-state index in [4.69, 9.17) is 0 Å². The molecule has 0 aliphatic carbocycles. The zero-order chi connectivity index (χ0) is 16.0. The molecule has 1 N–H and O–H groups in total. The minimum absolute atomic E-state index is 0.0115. The van der Waals surface area contributed by atoms with Crippen molar-refractivity contribution in [3.8, 4) is 0 Å². The molecule has 0 saturated carbocycles. The number of hydrogen-bond acceptors (Lipinski definition) is 2. The number of unbranched alkanes of at least 4 members (excludes halogenated alkanes) is 1. The van der Waals surface area contributed by atoms with E-state index in [0.717, 1.165) is 13.0 Å². The number of nitrogens with one attached hydrogen (secondary N) is 1. The molecule has 1 amide bonds. The third-order valence-electron chi connectivity index (χ3n) is 4.66. The summed E-state index contributed by atoms with van der Waals surface area (Å²) in [7, 11) is 0. The fourth-order valence-corrected chi connectivity index (χ4v) is 3.23. The monoisotopic (exact) mass is 296 g/mol. The summed E-state index contributed by atoms with van der Waals surface area (Å²) in [5.41, 5.74) is 0. The van der Waals surface area contributed by atoms with Crippen LogP contribution in [0.5, 0.6) is 0 Å². The predicted molar refractivity (Wildman–Crippen MR) is 90.0 cm³/mol. The van der Waals surface area contributed by atoms with Crippen molar-refractivity contribution in [2.75, 3.05) is 6.54 Å². The Morgan fingerprint density at radius 2 is 1.86 bits per heavy atom. The summed E-state index contributed by atoms with van der Waals surface area (Å²) in [5, 5.41) is 3.58. The van der Waals surface area contributed by atoms with Crippen molar-refractivity contribution >= 4 is 5.91 Å². The van der Waals surface area contributed by atoms with Crippen molar-refractivity contribution in [2.45, 2.75) is 85.9 Å². The van der Waals surface area contributed by atoms with Gasteiger partial charge in [-0.2, -0.15) is 0 Å². The third-order valence-corrected chi connectivity index (χ3v) is 4.66. The first-order valence-electron chi connectivity index (χ1n) is 8.97. The topological polar surface area (TPSA) is 32.3 Å². The Morgan fingerprint density at radius 1 is 1.19 bits per heavy atom. The highest BCUT2D eigenvalue weighted by atomic mass is 16.2. The lowest BCUT2D eigenvalue weighted by atomic mass is 9.97. The Morgan fingerprint density at radius 3 is 2.33 bits per heavy atom. The van der Waals surface area contributed by atoms with Crippen LogP contribution >= 0.6 is 0 Å². The third kappa shape index (κ3) is 5.28. The number of rotatable bonds is 9. The molecular weight excluding hydrogens is 260 g/mol. The molecule has 0 radical (unpaired) electrons. The van der Waals surface area contributed by atoms with Gasteiger partial charge in [0, 0.05) is 6.54 Å². The average Bonchev–Trinajstić information content (AvgIpc) is 2.71. The van der Waals surface area contributed by atoms with Gasteiger partial charge in [0.15, 0.2) is 0 Å². The smallest absolute Gasteiger partial charge is 0.241 e. The van der Waals surface area contributed by atoms with E-state index in [1.807, 2.05) is 0 Å². The van der Waals surface area contributed by atoms with Crippen molar-refractivity contribution in [1.82, 2.24) is 10.2 Å². The van der Waals surface area contributed by atoms with Crippen molar-refractivity contribution in [2.24, 2.45) is 17.8 Å². The van der Waals surface area contributed by atoms with Gasteiger partial charge in [-0.25, -0.2) is 0 Å². The first kappa shape index (κ1) is 18.5. The molecular formula is C18H36N2O. The quantitative estimate of drug-likeness (QED) is 0.696. The Hall–Kier alpha value is -0.570. The summed E-state index contributed by atoms with van der Waals surface area (Å²) in [5.74, 6) is 1.95. The summed E-state index contributed by atoms with van der Waals surface area (Å²) in [6.45, 7) is 14.2. The van der Waals surface area contributed by atoms with Crippen LogP contribution in [0.2, 0.25) is 0 Å². The minimum Gasteiger partial charge on any atom is -0.326 e. The number of hydrogen-bond donors (Lipinski definition) is 1. The van der Waals surface area contributed by atoms with E-state index in [1.165, 1.54) is 25.7 Å². The van der Waals surface area contributed by atoms with E-state index in [0.29, 0.717) is 23.7 Å². The maximum atomic E-state index is 12.7. The first-order valence-corrected chi connectivity index (χ1v) is 8.97. The lowest BCUT2D eigenvalue weighted by molar-refractivity contribution is -0.131. The molecule has 124 valence electrons. The molecule has 3 heteroatoms. The van der Waals surface area contributed by atoms with Crippen LogP contribution < -0.4 is 5.32 Å². The summed E-state index contributed by atoms with van der Waals surface area (Å²) in [6, 6.07) is 0.0115. The van der Waals surface area contributed by atoms with Crippen molar-refractivity contribution < 1.29 is 4.79 Å². The normalized spacial score (nSPS) is 24.4. The van der Waals surface area contributed by atoms with Crippen LogP contribution in [0.4, 0.5) is 0 Å². The fourth-order valence-electron chi connectivity index (χ4n) is 3.23. The van der Waals surface area contributed by atoms with Gasteiger partial charge in [-0.3, -0.25) is 10.1 Å². The van der Waals surface area contributed by atoms with Crippen LogP contribution in [0.3, 0.4) is 0 Å². The van der Waals surface area contributed by atoms with Crippen LogP contribution in [-0.4, -0.2) is 29.6 Å². The summed E-state index contributed by atoms with van der Waals surface area (Å²) < 4.78 is 0. The molecule has 0 aromatic heterocycles. The maximum absolute atomic E-state index is 12.7. The highest BCUT2D eigenvalue weighted by molar-refractivity contribution is 5.84. The lowest BCUT2D eigenvalue weighted by Gasteiger charge is -2.29. The second-order valence-corrected chi connectivity index (χ2v) is 7.44. The molecule has 1 rings (SSSR count). The Labute approximate surface area is 131 Å². The van der Waals surface area contributed by atoms with Crippen LogP contribution in [-0.2, 0) is 4.79 Å². The number of amides is 1. The van der Waals surface area contributed by atoms with Crippen LogP contribution in [0.25, 0.3) is 0 Å². The van der Waals surface area contributed by atoms with E-state index < -0.39 is 0 Å². The van der Waals surface area contributed by atoms with Crippen LogP contribution in [0.15, 0.2) is 0 Å². The second kappa shape index (κ2) is 8.77. The van der Waals surface area contributed by atoms with Gasteiger partial charge < -0.3 is 4.90 Å². The van der Waals surface area contributed by atoms with E-state index >= 15 is 0 Å². The molecule has 1 heterocycles. The molecule has 1 aliphatic heterocycles. The van der Waals surface area contributed by atoms with Gasteiger partial charge >= 0.3 is 0 Å². The van der Waals surface area contributed by atoms with Crippen molar-refractivity contribution in [3.05, 3.63) is 0 Å². The first-order chi connectivity index (χ1) is 9.90. The minimum atomic E-state index is 0.0115. The Bertz CT molecular complexity index is 314. The highest BCUT2D eigenvalue weighted by Crippen LogP contribution is 2.25. The fraction of sp³-hybridized carbons (Fsp3) is 0.944. The molecule has 3 unspecified atom stereocenters. The van der Waals surface area contributed by atoms with Gasteiger partial charge in [0.25, 0.3) is 0 Å². The summed E-state index contributed by atoms with van der Waals surface area (Å²) >= 11 is 0. The van der Waals surface area contributed by atoms with Crippen LogP contribution in [0, 0.1) is 17.8 Å². The van der Waals surface area contributed by atoms with Crippen molar-refractivity contribution in [1.29, 1.82) is 0 Å². The molecule has 1 aliphatic rings. The zero-order valence-corrected chi connectivity index (χ0v) is 15.0. The molecule has 0 aromatic carbocycles. The van der Waals surface area contributed by atoms with Gasteiger partial charge in [0.1, 0.15) is 0 Å². The predicted octanol–water partition coefficient (Wildman–Crippen LogP) is 4.03. The van der Waals surface area contributed by atoms with Gasteiger partial charge in [-0.1, -0.05) is 60.8 Å². The maximum Gasteiger partial charge on any atom is 0.241 e. The van der Waals surface area contributed by atoms with Crippen LogP contribution in [0.1, 0.15) is 73.6 Å². The largest absolute Gasteiger partial charge is 0.326 e. The summed E-state index contributed by atoms with van der Waals surface area (Å²) in [6.07, 6.45) is 6.23. The van der Waals surface area contributed by atoms with Gasteiger partial charge in [-0.15, -0.1) is 0 Å².